The van der Waals surface area contributed by atoms with Gasteiger partial charge in [0, 0.05) is 18.5 Å². The third-order valence-corrected chi connectivity index (χ3v) is 4.84. The number of hydrogen-bond acceptors (Lipinski definition) is 6. The summed E-state index contributed by atoms with van der Waals surface area (Å²) in [7, 11) is 0. The van der Waals surface area contributed by atoms with Crippen molar-refractivity contribution in [1.29, 1.82) is 0 Å². The first-order valence-electron chi connectivity index (χ1n) is 7.99. The normalized spacial score (nSPS) is 18.8. The summed E-state index contributed by atoms with van der Waals surface area (Å²) in [5, 5.41) is 6.15. The zero-order valence-corrected chi connectivity index (χ0v) is 14.3. The summed E-state index contributed by atoms with van der Waals surface area (Å²) in [4.78, 5) is 10.4. The molecule has 124 valence electrons. The molecule has 7 heteroatoms. The Hall–Kier alpha value is -2.09. The number of rotatable bonds is 4. The Balaban J connectivity index is 1.56. The maximum Gasteiger partial charge on any atom is 0.126 e. The van der Waals surface area contributed by atoms with E-state index in [0.29, 0.717) is 6.61 Å². The van der Waals surface area contributed by atoms with Crippen LogP contribution in [0, 0.1) is 6.92 Å². The smallest absolute Gasteiger partial charge is 0.126 e. The number of imidazole rings is 1. The van der Waals surface area contributed by atoms with Crippen molar-refractivity contribution in [2.24, 2.45) is 0 Å². The number of ether oxygens (including phenoxy) is 1. The molecule has 0 radical (unpaired) electrons. The van der Waals surface area contributed by atoms with Gasteiger partial charge in [-0.3, -0.25) is 4.90 Å². The Bertz CT molecular complexity index is 784. The van der Waals surface area contributed by atoms with Gasteiger partial charge in [0.15, 0.2) is 0 Å². The van der Waals surface area contributed by atoms with Gasteiger partial charge in [-0.1, -0.05) is 34.3 Å². The zero-order chi connectivity index (χ0) is 16.4. The van der Waals surface area contributed by atoms with Crippen molar-refractivity contribution in [2.45, 2.75) is 19.5 Å². The van der Waals surface area contributed by atoms with E-state index >= 15 is 0 Å². The Morgan fingerprint density at radius 3 is 3.00 bits per heavy atom. The monoisotopic (exact) mass is 341 g/mol. The SMILES string of the molecule is Cc1ccc(-c2cnc(C3COCCN3Cc3csnn3)[nH]2)cc1. The van der Waals surface area contributed by atoms with Crippen LogP contribution in [0.25, 0.3) is 11.3 Å². The van der Waals surface area contributed by atoms with Gasteiger partial charge in [-0.25, -0.2) is 4.98 Å². The Morgan fingerprint density at radius 1 is 1.33 bits per heavy atom. The highest BCUT2D eigenvalue weighted by Gasteiger charge is 2.27. The summed E-state index contributed by atoms with van der Waals surface area (Å²) in [5.74, 6) is 0.938. The molecule has 3 heterocycles. The largest absolute Gasteiger partial charge is 0.378 e. The molecule has 4 rings (SSSR count). The molecule has 1 atom stereocenters. The average molecular weight is 341 g/mol. The molecule has 24 heavy (non-hydrogen) atoms. The van der Waals surface area contributed by atoms with Gasteiger partial charge in [0.25, 0.3) is 0 Å². The summed E-state index contributed by atoms with van der Waals surface area (Å²) in [6, 6.07) is 8.56. The van der Waals surface area contributed by atoms with E-state index in [-0.39, 0.29) is 6.04 Å². The number of aromatic nitrogens is 4. The fourth-order valence-corrected chi connectivity index (χ4v) is 3.37. The second-order valence-electron chi connectivity index (χ2n) is 6.01. The third kappa shape index (κ3) is 3.24. The fourth-order valence-electron chi connectivity index (χ4n) is 2.93. The molecule has 1 saturated heterocycles. The van der Waals surface area contributed by atoms with Gasteiger partial charge in [0.05, 0.1) is 36.8 Å². The number of H-pyrrole nitrogens is 1. The summed E-state index contributed by atoms with van der Waals surface area (Å²) < 4.78 is 9.63. The lowest BCUT2D eigenvalue weighted by atomic mass is 10.1. The molecule has 0 aliphatic carbocycles. The van der Waals surface area contributed by atoms with Gasteiger partial charge in [0.2, 0.25) is 0 Å². The quantitative estimate of drug-likeness (QED) is 0.790. The number of aromatic amines is 1. The summed E-state index contributed by atoms with van der Waals surface area (Å²) in [5.41, 5.74) is 4.43. The van der Waals surface area contributed by atoms with E-state index < -0.39 is 0 Å². The van der Waals surface area contributed by atoms with Crippen LogP contribution < -0.4 is 0 Å². The molecule has 0 bridgehead atoms. The molecular weight excluding hydrogens is 322 g/mol. The number of aryl methyl sites for hydroxylation is 1. The van der Waals surface area contributed by atoms with Crippen LogP contribution in [-0.2, 0) is 11.3 Å². The second kappa shape index (κ2) is 6.80. The lowest BCUT2D eigenvalue weighted by Gasteiger charge is -2.33. The molecule has 1 aliphatic rings. The first kappa shape index (κ1) is 15.4. The van der Waals surface area contributed by atoms with Gasteiger partial charge in [-0.05, 0) is 24.0 Å². The zero-order valence-electron chi connectivity index (χ0n) is 13.5. The summed E-state index contributed by atoms with van der Waals surface area (Å²) in [6.45, 7) is 5.10. The van der Waals surface area contributed by atoms with Gasteiger partial charge >= 0.3 is 0 Å². The average Bonchev–Trinajstić information content (AvgIpc) is 3.28. The van der Waals surface area contributed by atoms with Crippen molar-refractivity contribution in [3.05, 3.63) is 52.9 Å². The van der Waals surface area contributed by atoms with Gasteiger partial charge in [-0.2, -0.15) is 0 Å². The van der Waals surface area contributed by atoms with Crippen LogP contribution in [-0.4, -0.2) is 44.2 Å². The van der Waals surface area contributed by atoms with E-state index in [9.17, 15) is 0 Å². The number of benzene rings is 1. The second-order valence-corrected chi connectivity index (χ2v) is 6.62. The van der Waals surface area contributed by atoms with Crippen molar-refractivity contribution in [3.63, 3.8) is 0 Å². The predicted molar refractivity (Wildman–Crippen MR) is 92.6 cm³/mol. The molecule has 3 aromatic rings. The Morgan fingerprint density at radius 2 is 2.21 bits per heavy atom. The van der Waals surface area contributed by atoms with Crippen molar-refractivity contribution >= 4 is 11.5 Å². The topological polar surface area (TPSA) is 66.9 Å². The van der Waals surface area contributed by atoms with Crippen molar-refractivity contribution in [3.8, 4) is 11.3 Å². The highest BCUT2D eigenvalue weighted by Crippen LogP contribution is 2.26. The van der Waals surface area contributed by atoms with Crippen molar-refractivity contribution < 1.29 is 4.74 Å². The maximum absolute atomic E-state index is 5.68. The minimum atomic E-state index is 0.111. The van der Waals surface area contributed by atoms with Gasteiger partial charge in [-0.15, -0.1) is 5.10 Å². The van der Waals surface area contributed by atoms with E-state index in [4.69, 9.17) is 4.74 Å². The van der Waals surface area contributed by atoms with Crippen LogP contribution in [0.4, 0.5) is 0 Å². The van der Waals surface area contributed by atoms with Crippen molar-refractivity contribution in [1.82, 2.24) is 24.5 Å². The number of nitrogens with one attached hydrogen (secondary N) is 1. The van der Waals surface area contributed by atoms with E-state index in [1.165, 1.54) is 17.1 Å². The molecule has 1 unspecified atom stereocenters. The summed E-state index contributed by atoms with van der Waals surface area (Å²) in [6.07, 6.45) is 1.90. The molecule has 0 spiro atoms. The molecule has 1 aromatic carbocycles. The van der Waals surface area contributed by atoms with E-state index in [0.717, 1.165) is 42.5 Å². The molecule has 1 fully saturated rings. The minimum absolute atomic E-state index is 0.111. The predicted octanol–water partition coefficient (Wildman–Crippen LogP) is 2.81. The number of nitrogens with zero attached hydrogens (tertiary/aromatic N) is 4. The van der Waals surface area contributed by atoms with Crippen LogP contribution in [0.1, 0.15) is 23.1 Å². The molecule has 2 aromatic heterocycles. The molecule has 1 N–H and O–H groups in total. The van der Waals surface area contributed by atoms with E-state index in [1.54, 1.807) is 0 Å². The Labute approximate surface area is 144 Å². The van der Waals surface area contributed by atoms with E-state index in [1.807, 2.05) is 11.6 Å². The maximum atomic E-state index is 5.68. The van der Waals surface area contributed by atoms with Gasteiger partial charge < -0.3 is 9.72 Å². The highest BCUT2D eigenvalue weighted by molar-refractivity contribution is 7.03. The molecular formula is C17H19N5OS. The lowest BCUT2D eigenvalue weighted by Crippen LogP contribution is -2.39. The van der Waals surface area contributed by atoms with Crippen LogP contribution in [0.5, 0.6) is 0 Å². The summed E-state index contributed by atoms with van der Waals surface area (Å²) >= 11 is 1.39. The van der Waals surface area contributed by atoms with E-state index in [2.05, 4.69) is 55.6 Å². The third-order valence-electron chi connectivity index (χ3n) is 4.28. The molecule has 0 saturated carbocycles. The van der Waals surface area contributed by atoms with Gasteiger partial charge in [0.1, 0.15) is 5.82 Å². The van der Waals surface area contributed by atoms with Crippen LogP contribution in [0.3, 0.4) is 0 Å². The van der Waals surface area contributed by atoms with Crippen LogP contribution in [0.15, 0.2) is 35.8 Å². The fraction of sp³-hybridized carbons (Fsp3) is 0.353. The van der Waals surface area contributed by atoms with Crippen LogP contribution >= 0.6 is 11.5 Å². The standard InChI is InChI=1S/C17H19N5OS/c1-12-2-4-13(5-3-12)15-8-18-17(19-15)16-10-23-7-6-22(16)9-14-11-24-21-20-14/h2-5,8,11,16H,6-7,9-10H2,1H3,(H,18,19). The van der Waals surface area contributed by atoms with Crippen LogP contribution in [0.2, 0.25) is 0 Å². The molecule has 0 amide bonds. The Kier molecular flexibility index (Phi) is 4.38. The highest BCUT2D eigenvalue weighted by atomic mass is 32.1. The first-order valence-corrected chi connectivity index (χ1v) is 8.83. The number of morpholine rings is 1. The first-order chi connectivity index (χ1) is 11.8. The number of hydrogen-bond donors (Lipinski definition) is 1. The minimum Gasteiger partial charge on any atom is -0.378 e. The molecule has 1 aliphatic heterocycles. The molecule has 6 nitrogen and oxygen atoms in total. The lowest BCUT2D eigenvalue weighted by molar-refractivity contribution is -0.0161. The van der Waals surface area contributed by atoms with Crippen molar-refractivity contribution in [2.75, 3.05) is 19.8 Å².